The van der Waals surface area contributed by atoms with Crippen molar-refractivity contribution < 1.29 is 4.42 Å². The zero-order valence-electron chi connectivity index (χ0n) is 8.88. The highest BCUT2D eigenvalue weighted by Crippen LogP contribution is 2.20. The zero-order chi connectivity index (χ0) is 12.5. The smallest absolute Gasteiger partial charge is 0.278 e. The summed E-state index contributed by atoms with van der Waals surface area (Å²) < 4.78 is 4.98. The third kappa shape index (κ3) is 1.93. The molecule has 0 atom stereocenters. The van der Waals surface area contributed by atoms with Crippen molar-refractivity contribution in [2.45, 2.75) is 10.9 Å². The number of rotatable bonds is 3. The van der Waals surface area contributed by atoms with Crippen LogP contribution in [-0.2, 0) is 5.75 Å². The van der Waals surface area contributed by atoms with E-state index in [4.69, 9.17) is 10.2 Å². The quantitative estimate of drug-likeness (QED) is 0.558. The number of anilines is 1. The fourth-order valence-electron chi connectivity index (χ4n) is 1.36. The summed E-state index contributed by atoms with van der Waals surface area (Å²) in [6.45, 7) is 0. The number of nitrogens with zero attached hydrogens (tertiary/aromatic N) is 4. The van der Waals surface area contributed by atoms with E-state index in [1.54, 1.807) is 0 Å². The van der Waals surface area contributed by atoms with E-state index in [1.807, 2.05) is 0 Å². The fourth-order valence-corrected chi connectivity index (χ4v) is 2.07. The standard InChI is InChI=1S/C8H7N7O2S/c9-7-12-5-4(6(16)14-7)11-8(13-5)18-1-3-15-10-2-17-3/h2H,1H2,(H4,9,11,12,13,14,16). The lowest BCUT2D eigenvalue weighted by Crippen LogP contribution is -2.10. The summed E-state index contributed by atoms with van der Waals surface area (Å²) >= 11 is 1.32. The molecule has 92 valence electrons. The van der Waals surface area contributed by atoms with Gasteiger partial charge in [0.1, 0.15) is 0 Å². The molecule has 0 unspecified atom stereocenters. The second kappa shape index (κ2) is 4.14. The van der Waals surface area contributed by atoms with Gasteiger partial charge >= 0.3 is 0 Å². The van der Waals surface area contributed by atoms with Crippen molar-refractivity contribution in [2.24, 2.45) is 0 Å². The van der Waals surface area contributed by atoms with Gasteiger partial charge in [0.15, 0.2) is 16.3 Å². The van der Waals surface area contributed by atoms with Gasteiger partial charge < -0.3 is 15.1 Å². The largest absolute Gasteiger partial charge is 0.427 e. The Hall–Kier alpha value is -2.36. The molecule has 0 aromatic carbocycles. The van der Waals surface area contributed by atoms with Crippen molar-refractivity contribution >= 4 is 28.9 Å². The van der Waals surface area contributed by atoms with Crippen molar-refractivity contribution in [3.8, 4) is 0 Å². The van der Waals surface area contributed by atoms with Crippen LogP contribution in [-0.4, -0.2) is 30.1 Å². The van der Waals surface area contributed by atoms with Gasteiger partial charge in [-0.1, -0.05) is 11.8 Å². The highest BCUT2D eigenvalue weighted by atomic mass is 32.2. The molecular formula is C8H7N7O2S. The Bertz CT molecular complexity index is 732. The Kier molecular flexibility index (Phi) is 2.48. The summed E-state index contributed by atoms with van der Waals surface area (Å²) in [5.41, 5.74) is 5.64. The number of fused-ring (bicyclic) bond motifs is 1. The molecule has 0 amide bonds. The average Bonchev–Trinajstić information content (AvgIpc) is 2.93. The van der Waals surface area contributed by atoms with Crippen LogP contribution in [0.25, 0.3) is 11.2 Å². The van der Waals surface area contributed by atoms with Crippen LogP contribution < -0.4 is 11.3 Å². The molecule has 10 heteroatoms. The first-order valence-electron chi connectivity index (χ1n) is 4.86. The van der Waals surface area contributed by atoms with Crippen LogP contribution >= 0.6 is 11.8 Å². The summed E-state index contributed by atoms with van der Waals surface area (Å²) in [6.07, 6.45) is 1.25. The first kappa shape index (κ1) is 10.8. The van der Waals surface area contributed by atoms with Crippen molar-refractivity contribution in [2.75, 3.05) is 5.73 Å². The number of aromatic amines is 2. The minimum absolute atomic E-state index is 0.0347. The Morgan fingerprint density at radius 1 is 1.39 bits per heavy atom. The molecule has 4 N–H and O–H groups in total. The van der Waals surface area contributed by atoms with E-state index in [1.165, 1.54) is 18.2 Å². The maximum Gasteiger partial charge on any atom is 0.278 e. The second-order valence-corrected chi connectivity index (χ2v) is 4.28. The number of nitrogens with two attached hydrogens (primary N) is 1. The molecule has 3 aromatic heterocycles. The summed E-state index contributed by atoms with van der Waals surface area (Å²) in [7, 11) is 0. The van der Waals surface area contributed by atoms with Gasteiger partial charge in [0.2, 0.25) is 18.2 Å². The van der Waals surface area contributed by atoms with Crippen LogP contribution in [0.2, 0.25) is 0 Å². The first-order valence-corrected chi connectivity index (χ1v) is 5.84. The van der Waals surface area contributed by atoms with E-state index < -0.39 is 0 Å². The van der Waals surface area contributed by atoms with Crippen LogP contribution in [0.5, 0.6) is 0 Å². The Balaban J connectivity index is 1.89. The Morgan fingerprint density at radius 2 is 2.28 bits per heavy atom. The number of aromatic nitrogens is 6. The normalized spacial score (nSPS) is 11.1. The van der Waals surface area contributed by atoms with Gasteiger partial charge in [-0.05, 0) is 0 Å². The predicted octanol–water partition coefficient (Wildman–Crippen LogP) is -0.0963. The summed E-state index contributed by atoms with van der Waals surface area (Å²) in [5, 5.41) is 7.83. The lowest BCUT2D eigenvalue weighted by atomic mass is 10.5. The van der Waals surface area contributed by atoms with Gasteiger partial charge in [-0.2, -0.15) is 4.98 Å². The lowest BCUT2D eigenvalue weighted by molar-refractivity contribution is 0.514. The Labute approximate surface area is 103 Å². The molecule has 0 spiro atoms. The number of hydrogen-bond acceptors (Lipinski definition) is 8. The van der Waals surface area contributed by atoms with E-state index in [0.29, 0.717) is 16.8 Å². The average molecular weight is 265 g/mol. The van der Waals surface area contributed by atoms with E-state index in [0.717, 1.165) is 0 Å². The molecule has 0 aliphatic carbocycles. The van der Waals surface area contributed by atoms with Gasteiger partial charge in [-0.15, -0.1) is 10.2 Å². The maximum atomic E-state index is 11.5. The maximum absolute atomic E-state index is 11.5. The second-order valence-electron chi connectivity index (χ2n) is 3.31. The minimum Gasteiger partial charge on any atom is -0.427 e. The third-order valence-corrected chi connectivity index (χ3v) is 2.95. The van der Waals surface area contributed by atoms with E-state index >= 15 is 0 Å². The van der Waals surface area contributed by atoms with Gasteiger partial charge in [-0.3, -0.25) is 9.78 Å². The summed E-state index contributed by atoms with van der Waals surface area (Å²) in [5.74, 6) is 0.960. The van der Waals surface area contributed by atoms with E-state index in [2.05, 4.69) is 30.1 Å². The van der Waals surface area contributed by atoms with Gasteiger partial charge in [0.25, 0.3) is 5.56 Å². The van der Waals surface area contributed by atoms with Gasteiger partial charge in [-0.25, -0.2) is 4.98 Å². The molecule has 0 aliphatic heterocycles. The monoisotopic (exact) mass is 265 g/mol. The summed E-state index contributed by atoms with van der Waals surface area (Å²) in [4.78, 5) is 24.8. The van der Waals surface area contributed by atoms with Crippen LogP contribution in [0.1, 0.15) is 5.89 Å². The SMILES string of the molecule is Nc1nc2nc(SCc3nnco3)[nH]c2c(=O)[nH]1. The predicted molar refractivity (Wildman–Crippen MR) is 62.8 cm³/mol. The number of imidazole rings is 1. The van der Waals surface area contributed by atoms with Gasteiger partial charge in [0.05, 0.1) is 5.75 Å². The molecule has 0 aliphatic rings. The molecular weight excluding hydrogens is 258 g/mol. The number of hydrogen-bond donors (Lipinski definition) is 3. The van der Waals surface area contributed by atoms with Crippen molar-refractivity contribution in [1.82, 2.24) is 30.1 Å². The minimum atomic E-state index is -0.352. The topological polar surface area (TPSA) is 139 Å². The lowest BCUT2D eigenvalue weighted by Gasteiger charge is -1.90. The molecule has 0 radical (unpaired) electrons. The Morgan fingerprint density at radius 3 is 3.06 bits per heavy atom. The molecule has 0 saturated carbocycles. The number of thioether (sulfide) groups is 1. The molecule has 3 aromatic rings. The molecule has 9 nitrogen and oxygen atoms in total. The van der Waals surface area contributed by atoms with Gasteiger partial charge in [0, 0.05) is 0 Å². The highest BCUT2D eigenvalue weighted by Gasteiger charge is 2.10. The number of nitrogens with one attached hydrogen (secondary N) is 2. The fraction of sp³-hybridized carbons (Fsp3) is 0.125. The van der Waals surface area contributed by atoms with Crippen LogP contribution in [0.3, 0.4) is 0 Å². The van der Waals surface area contributed by atoms with Crippen molar-refractivity contribution in [3.63, 3.8) is 0 Å². The highest BCUT2D eigenvalue weighted by molar-refractivity contribution is 7.98. The first-order chi connectivity index (χ1) is 8.72. The summed E-state index contributed by atoms with van der Waals surface area (Å²) in [6, 6.07) is 0. The number of H-pyrrole nitrogens is 2. The van der Waals surface area contributed by atoms with Crippen LogP contribution in [0.15, 0.2) is 20.8 Å². The molecule has 18 heavy (non-hydrogen) atoms. The zero-order valence-corrected chi connectivity index (χ0v) is 9.69. The number of nitrogen functional groups attached to an aromatic ring is 1. The van der Waals surface area contributed by atoms with Crippen molar-refractivity contribution in [1.29, 1.82) is 0 Å². The third-order valence-electron chi connectivity index (χ3n) is 2.10. The molecule has 0 bridgehead atoms. The van der Waals surface area contributed by atoms with Crippen LogP contribution in [0, 0.1) is 0 Å². The molecule has 0 fully saturated rings. The molecule has 3 rings (SSSR count). The molecule has 0 saturated heterocycles. The van der Waals surface area contributed by atoms with Crippen molar-refractivity contribution in [3.05, 3.63) is 22.6 Å². The van der Waals surface area contributed by atoms with E-state index in [-0.39, 0.29) is 22.7 Å². The van der Waals surface area contributed by atoms with E-state index in [9.17, 15) is 4.79 Å². The molecule has 3 heterocycles. The van der Waals surface area contributed by atoms with Crippen LogP contribution in [0.4, 0.5) is 5.95 Å².